The van der Waals surface area contributed by atoms with Gasteiger partial charge in [-0.3, -0.25) is 4.99 Å². The average Bonchev–Trinajstić information content (AvgIpc) is 3.05. The van der Waals surface area contributed by atoms with E-state index >= 15 is 0 Å². The summed E-state index contributed by atoms with van der Waals surface area (Å²) < 4.78 is 5.37. The summed E-state index contributed by atoms with van der Waals surface area (Å²) in [6, 6.07) is 6.20. The van der Waals surface area contributed by atoms with Crippen molar-refractivity contribution in [2.75, 3.05) is 14.2 Å². The SMILES string of the molecule is CN=C(NCc1ccc(C)c(OC)c1)NCc1nc(C(C)C)cs1.I. The molecule has 0 aliphatic carbocycles. The van der Waals surface area contributed by atoms with Crippen molar-refractivity contribution in [3.63, 3.8) is 0 Å². The summed E-state index contributed by atoms with van der Waals surface area (Å²) in [7, 11) is 3.46. The van der Waals surface area contributed by atoms with Crippen LogP contribution in [0.2, 0.25) is 0 Å². The van der Waals surface area contributed by atoms with Gasteiger partial charge in [-0.1, -0.05) is 26.0 Å². The number of guanidine groups is 1. The molecule has 0 atom stereocenters. The van der Waals surface area contributed by atoms with Crippen LogP contribution in [-0.4, -0.2) is 25.1 Å². The Morgan fingerprint density at radius 3 is 2.60 bits per heavy atom. The van der Waals surface area contributed by atoms with E-state index in [-0.39, 0.29) is 24.0 Å². The molecule has 0 radical (unpaired) electrons. The lowest BCUT2D eigenvalue weighted by atomic mass is 10.1. The van der Waals surface area contributed by atoms with Crippen LogP contribution in [-0.2, 0) is 13.1 Å². The maximum Gasteiger partial charge on any atom is 0.191 e. The van der Waals surface area contributed by atoms with Crippen molar-refractivity contribution >= 4 is 41.3 Å². The predicted octanol–water partition coefficient (Wildman–Crippen LogP) is 4.07. The van der Waals surface area contributed by atoms with Crippen molar-refractivity contribution in [2.24, 2.45) is 4.99 Å². The number of hydrogen-bond donors (Lipinski definition) is 2. The number of rotatable bonds is 6. The second-order valence-electron chi connectivity index (χ2n) is 5.90. The van der Waals surface area contributed by atoms with Crippen LogP contribution in [0.15, 0.2) is 28.6 Å². The van der Waals surface area contributed by atoms with Crippen LogP contribution in [0.4, 0.5) is 0 Å². The fraction of sp³-hybridized carbons (Fsp3) is 0.444. The number of methoxy groups -OCH3 is 1. The number of halogens is 1. The first kappa shape index (κ1) is 21.7. The molecule has 0 amide bonds. The highest BCUT2D eigenvalue weighted by atomic mass is 127. The Hall–Kier alpha value is -1.35. The lowest BCUT2D eigenvalue weighted by molar-refractivity contribution is 0.411. The highest BCUT2D eigenvalue weighted by molar-refractivity contribution is 14.0. The molecule has 0 aliphatic heterocycles. The molecule has 1 aromatic heterocycles. The third kappa shape index (κ3) is 6.47. The summed E-state index contributed by atoms with van der Waals surface area (Å²) in [6.07, 6.45) is 0. The molecule has 0 saturated heterocycles. The normalized spacial score (nSPS) is 11.2. The van der Waals surface area contributed by atoms with E-state index in [0.717, 1.165) is 33.5 Å². The molecular weight excluding hydrogens is 447 g/mol. The summed E-state index contributed by atoms with van der Waals surface area (Å²) in [6.45, 7) is 7.71. The fourth-order valence-electron chi connectivity index (χ4n) is 2.21. The van der Waals surface area contributed by atoms with Crippen LogP contribution in [0.1, 0.15) is 41.6 Å². The first-order chi connectivity index (χ1) is 11.5. The molecule has 2 rings (SSSR count). The van der Waals surface area contributed by atoms with Crippen molar-refractivity contribution in [1.82, 2.24) is 15.6 Å². The summed E-state index contributed by atoms with van der Waals surface area (Å²) in [5.74, 6) is 2.13. The van der Waals surface area contributed by atoms with Gasteiger partial charge in [-0.05, 0) is 30.0 Å². The predicted molar refractivity (Wildman–Crippen MR) is 116 cm³/mol. The summed E-state index contributed by atoms with van der Waals surface area (Å²) in [4.78, 5) is 8.88. The van der Waals surface area contributed by atoms with Gasteiger partial charge in [0.2, 0.25) is 0 Å². The number of ether oxygens (including phenoxy) is 1. The Morgan fingerprint density at radius 2 is 2.00 bits per heavy atom. The van der Waals surface area contributed by atoms with Crippen molar-refractivity contribution in [3.8, 4) is 5.75 Å². The molecule has 0 saturated carbocycles. The second kappa shape index (κ2) is 10.6. The van der Waals surface area contributed by atoms with Gasteiger partial charge in [-0.2, -0.15) is 0 Å². The number of aliphatic imine (C=N–C) groups is 1. The Balaban J connectivity index is 0.00000312. The van der Waals surface area contributed by atoms with Gasteiger partial charge in [0.15, 0.2) is 5.96 Å². The van der Waals surface area contributed by atoms with Crippen LogP contribution in [0.5, 0.6) is 5.75 Å². The Labute approximate surface area is 171 Å². The van der Waals surface area contributed by atoms with Gasteiger partial charge in [-0.15, -0.1) is 35.3 Å². The van der Waals surface area contributed by atoms with E-state index in [9.17, 15) is 0 Å². The number of nitrogens with zero attached hydrogens (tertiary/aromatic N) is 2. The average molecular weight is 474 g/mol. The zero-order valence-electron chi connectivity index (χ0n) is 15.4. The summed E-state index contributed by atoms with van der Waals surface area (Å²) in [5, 5.41) is 9.81. The molecule has 7 heteroatoms. The van der Waals surface area contributed by atoms with E-state index in [1.807, 2.05) is 13.0 Å². The molecule has 5 nitrogen and oxygen atoms in total. The molecular formula is C18H27IN4OS. The molecule has 0 aliphatic rings. The van der Waals surface area contributed by atoms with E-state index in [1.165, 1.54) is 0 Å². The lowest BCUT2D eigenvalue weighted by Crippen LogP contribution is -2.36. The van der Waals surface area contributed by atoms with Gasteiger partial charge in [0.05, 0.1) is 19.3 Å². The van der Waals surface area contributed by atoms with Gasteiger partial charge >= 0.3 is 0 Å². The maximum absolute atomic E-state index is 5.37. The van der Waals surface area contributed by atoms with Crippen LogP contribution in [0.25, 0.3) is 0 Å². The molecule has 2 aromatic rings. The molecule has 0 fully saturated rings. The number of benzene rings is 1. The van der Waals surface area contributed by atoms with Gasteiger partial charge < -0.3 is 15.4 Å². The number of aryl methyl sites for hydroxylation is 1. The third-order valence-corrected chi connectivity index (χ3v) is 4.59. The van der Waals surface area contributed by atoms with Crippen LogP contribution in [0.3, 0.4) is 0 Å². The fourth-order valence-corrected chi connectivity index (χ4v) is 3.11. The summed E-state index contributed by atoms with van der Waals surface area (Å²) in [5.41, 5.74) is 3.43. The number of hydrogen-bond acceptors (Lipinski definition) is 4. The van der Waals surface area contributed by atoms with Crippen molar-refractivity contribution in [3.05, 3.63) is 45.4 Å². The second-order valence-corrected chi connectivity index (χ2v) is 6.85. The topological polar surface area (TPSA) is 58.5 Å². The molecule has 138 valence electrons. The van der Waals surface area contributed by atoms with E-state index in [2.05, 4.69) is 52.0 Å². The van der Waals surface area contributed by atoms with Crippen LogP contribution < -0.4 is 15.4 Å². The van der Waals surface area contributed by atoms with E-state index in [1.54, 1.807) is 25.5 Å². The standard InChI is InChI=1S/C18H26N4OS.HI/c1-12(2)15-11-24-17(22-15)10-21-18(19-4)20-9-14-7-6-13(3)16(8-14)23-5;/h6-8,11-12H,9-10H2,1-5H3,(H2,19,20,21);1H. The molecule has 1 heterocycles. The zero-order chi connectivity index (χ0) is 17.5. The van der Waals surface area contributed by atoms with Crippen LogP contribution >= 0.6 is 35.3 Å². The molecule has 0 spiro atoms. The van der Waals surface area contributed by atoms with Gasteiger partial charge in [0, 0.05) is 19.0 Å². The molecule has 0 bridgehead atoms. The number of thiazole rings is 1. The monoisotopic (exact) mass is 474 g/mol. The quantitative estimate of drug-likeness (QED) is 0.377. The van der Waals surface area contributed by atoms with E-state index in [4.69, 9.17) is 4.74 Å². The first-order valence-electron chi connectivity index (χ1n) is 8.05. The molecule has 25 heavy (non-hydrogen) atoms. The lowest BCUT2D eigenvalue weighted by Gasteiger charge is -2.12. The summed E-state index contributed by atoms with van der Waals surface area (Å²) >= 11 is 1.68. The number of nitrogens with one attached hydrogen (secondary N) is 2. The van der Waals surface area contributed by atoms with Crippen LogP contribution in [0, 0.1) is 6.92 Å². The molecule has 2 N–H and O–H groups in total. The Bertz CT molecular complexity index is 700. The molecule has 0 unspecified atom stereocenters. The minimum Gasteiger partial charge on any atom is -0.496 e. The maximum atomic E-state index is 5.37. The van der Waals surface area contributed by atoms with Gasteiger partial charge in [0.25, 0.3) is 0 Å². The van der Waals surface area contributed by atoms with E-state index < -0.39 is 0 Å². The molecule has 1 aromatic carbocycles. The minimum absolute atomic E-state index is 0. The zero-order valence-corrected chi connectivity index (χ0v) is 18.6. The van der Waals surface area contributed by atoms with E-state index in [0.29, 0.717) is 19.0 Å². The first-order valence-corrected chi connectivity index (χ1v) is 8.93. The van der Waals surface area contributed by atoms with Crippen molar-refractivity contribution in [1.29, 1.82) is 0 Å². The third-order valence-electron chi connectivity index (χ3n) is 3.72. The minimum atomic E-state index is 0. The largest absolute Gasteiger partial charge is 0.496 e. The van der Waals surface area contributed by atoms with Crippen molar-refractivity contribution < 1.29 is 4.74 Å². The van der Waals surface area contributed by atoms with Crippen molar-refractivity contribution in [2.45, 2.75) is 39.8 Å². The highest BCUT2D eigenvalue weighted by Crippen LogP contribution is 2.19. The van der Waals surface area contributed by atoms with Gasteiger partial charge in [0.1, 0.15) is 10.8 Å². The number of aromatic nitrogens is 1. The highest BCUT2D eigenvalue weighted by Gasteiger charge is 2.07. The smallest absolute Gasteiger partial charge is 0.191 e. The Morgan fingerprint density at radius 1 is 1.28 bits per heavy atom. The Kier molecular flexibility index (Phi) is 9.20. The van der Waals surface area contributed by atoms with Gasteiger partial charge in [-0.25, -0.2) is 4.98 Å².